The summed E-state index contributed by atoms with van der Waals surface area (Å²) in [6.45, 7) is 7.93. The molecule has 1 atom stereocenters. The monoisotopic (exact) mass is 171 g/mol. The van der Waals surface area contributed by atoms with E-state index in [2.05, 4.69) is 18.7 Å². The smallest absolute Gasteiger partial charge is 0.0564 e. The van der Waals surface area contributed by atoms with Crippen LogP contribution in [0.25, 0.3) is 0 Å². The van der Waals surface area contributed by atoms with Gasteiger partial charge in [0, 0.05) is 19.6 Å². The van der Waals surface area contributed by atoms with E-state index in [4.69, 9.17) is 0 Å². The number of hydrogen-bond acceptors (Lipinski definition) is 2. The van der Waals surface area contributed by atoms with Gasteiger partial charge in [-0.1, -0.05) is 20.3 Å². The highest BCUT2D eigenvalue weighted by Gasteiger charge is 2.17. The number of rotatable bonds is 3. The Kier molecular flexibility index (Phi) is 4.02. The zero-order valence-corrected chi connectivity index (χ0v) is 8.29. The summed E-state index contributed by atoms with van der Waals surface area (Å²) in [5.74, 6) is 0.806. The van der Waals surface area contributed by atoms with Crippen molar-refractivity contribution >= 4 is 0 Å². The molecule has 72 valence electrons. The van der Waals surface area contributed by atoms with Gasteiger partial charge in [-0.05, 0) is 18.8 Å². The molecule has 0 bridgehead atoms. The summed E-state index contributed by atoms with van der Waals surface area (Å²) in [5.41, 5.74) is 0. The quantitative estimate of drug-likeness (QED) is 0.695. The molecule has 2 heteroatoms. The van der Waals surface area contributed by atoms with Crippen LogP contribution in [-0.4, -0.2) is 35.7 Å². The van der Waals surface area contributed by atoms with Crippen LogP contribution in [0.2, 0.25) is 0 Å². The maximum absolute atomic E-state index is 9.29. The van der Waals surface area contributed by atoms with Gasteiger partial charge < -0.3 is 10.0 Å². The van der Waals surface area contributed by atoms with Gasteiger partial charge in [-0.25, -0.2) is 0 Å². The second kappa shape index (κ2) is 4.83. The van der Waals surface area contributed by atoms with Gasteiger partial charge in [0.05, 0.1) is 6.10 Å². The fourth-order valence-corrected chi connectivity index (χ4v) is 1.67. The molecule has 1 heterocycles. The van der Waals surface area contributed by atoms with Crippen LogP contribution in [-0.2, 0) is 0 Å². The predicted octanol–water partition coefficient (Wildman–Crippen LogP) is 1.49. The van der Waals surface area contributed by atoms with Crippen molar-refractivity contribution < 1.29 is 5.11 Å². The molecule has 2 nitrogen and oxygen atoms in total. The highest BCUT2D eigenvalue weighted by molar-refractivity contribution is 4.72. The first kappa shape index (κ1) is 10.0. The lowest BCUT2D eigenvalue weighted by Gasteiger charge is -2.31. The van der Waals surface area contributed by atoms with Crippen LogP contribution in [0.4, 0.5) is 0 Å². The minimum atomic E-state index is -0.0295. The molecule has 0 amide bonds. The molecule has 0 radical (unpaired) electrons. The fourth-order valence-electron chi connectivity index (χ4n) is 1.67. The Balaban J connectivity index is 2.17. The van der Waals surface area contributed by atoms with Crippen LogP contribution >= 0.6 is 0 Å². The number of piperidine rings is 1. The van der Waals surface area contributed by atoms with Crippen molar-refractivity contribution in [2.75, 3.05) is 19.6 Å². The first-order valence-corrected chi connectivity index (χ1v) is 5.12. The Morgan fingerprint density at radius 1 is 1.42 bits per heavy atom. The summed E-state index contributed by atoms with van der Waals surface area (Å²) < 4.78 is 0. The molecule has 1 rings (SSSR count). The van der Waals surface area contributed by atoms with Gasteiger partial charge in [-0.3, -0.25) is 0 Å². The number of aliphatic hydroxyl groups is 1. The van der Waals surface area contributed by atoms with E-state index in [1.165, 1.54) is 13.0 Å². The maximum atomic E-state index is 9.29. The van der Waals surface area contributed by atoms with Gasteiger partial charge in [0.25, 0.3) is 0 Å². The number of aliphatic hydroxyl groups excluding tert-OH is 1. The Morgan fingerprint density at radius 3 is 2.50 bits per heavy atom. The third-order valence-corrected chi connectivity index (χ3v) is 2.82. The summed E-state index contributed by atoms with van der Waals surface area (Å²) in [6.07, 6.45) is 3.17. The first-order valence-electron chi connectivity index (χ1n) is 5.12. The lowest BCUT2D eigenvalue weighted by atomic mass is 10.0. The van der Waals surface area contributed by atoms with Crippen LogP contribution in [0.15, 0.2) is 0 Å². The number of hydrogen-bond donors (Lipinski definition) is 1. The molecule has 0 saturated carbocycles. The van der Waals surface area contributed by atoms with Crippen molar-refractivity contribution in [3.8, 4) is 0 Å². The van der Waals surface area contributed by atoms with Crippen LogP contribution < -0.4 is 0 Å². The molecule has 1 saturated heterocycles. The van der Waals surface area contributed by atoms with Crippen molar-refractivity contribution in [2.45, 2.75) is 39.2 Å². The molecule has 1 aliphatic rings. The average Bonchev–Trinajstić information content (AvgIpc) is 2.09. The van der Waals surface area contributed by atoms with Gasteiger partial charge in [0.1, 0.15) is 0 Å². The largest absolute Gasteiger partial charge is 0.393 e. The van der Waals surface area contributed by atoms with E-state index >= 15 is 0 Å². The topological polar surface area (TPSA) is 23.5 Å². The van der Waals surface area contributed by atoms with Crippen molar-refractivity contribution in [2.24, 2.45) is 5.92 Å². The summed E-state index contributed by atoms with van der Waals surface area (Å²) >= 11 is 0. The second-order valence-corrected chi connectivity index (χ2v) is 4.05. The summed E-state index contributed by atoms with van der Waals surface area (Å²) in [6, 6.07) is 0. The zero-order valence-electron chi connectivity index (χ0n) is 8.29. The highest BCUT2D eigenvalue weighted by atomic mass is 16.3. The van der Waals surface area contributed by atoms with E-state index in [0.717, 1.165) is 31.8 Å². The van der Waals surface area contributed by atoms with Gasteiger partial charge in [0.15, 0.2) is 0 Å². The molecule has 0 spiro atoms. The lowest BCUT2D eigenvalue weighted by molar-refractivity contribution is 0.0757. The Morgan fingerprint density at radius 2 is 2.00 bits per heavy atom. The van der Waals surface area contributed by atoms with E-state index in [1.54, 1.807) is 0 Å². The molecule has 0 aromatic rings. The molecule has 1 N–H and O–H groups in total. The highest BCUT2D eigenvalue weighted by Crippen LogP contribution is 2.12. The van der Waals surface area contributed by atoms with E-state index < -0.39 is 0 Å². The van der Waals surface area contributed by atoms with E-state index in [9.17, 15) is 5.11 Å². The zero-order chi connectivity index (χ0) is 8.97. The second-order valence-electron chi connectivity index (χ2n) is 4.05. The lowest BCUT2D eigenvalue weighted by Crippen LogP contribution is -2.38. The van der Waals surface area contributed by atoms with Crippen LogP contribution in [0.3, 0.4) is 0 Å². The molecule has 1 aliphatic heterocycles. The molecule has 1 unspecified atom stereocenters. The predicted molar refractivity (Wildman–Crippen MR) is 51.1 cm³/mol. The summed E-state index contributed by atoms with van der Waals surface area (Å²) in [4.78, 5) is 2.47. The number of likely N-dealkylation sites (tertiary alicyclic amines) is 1. The van der Waals surface area contributed by atoms with Gasteiger partial charge in [-0.15, -0.1) is 0 Å². The van der Waals surface area contributed by atoms with Crippen molar-refractivity contribution in [3.63, 3.8) is 0 Å². The van der Waals surface area contributed by atoms with Crippen LogP contribution in [0, 0.1) is 5.92 Å². The molecule has 0 aromatic heterocycles. The van der Waals surface area contributed by atoms with Gasteiger partial charge in [0.2, 0.25) is 0 Å². The van der Waals surface area contributed by atoms with E-state index in [1.807, 2.05) is 0 Å². The average molecular weight is 171 g/mol. The van der Waals surface area contributed by atoms with Gasteiger partial charge in [-0.2, -0.15) is 0 Å². The van der Waals surface area contributed by atoms with Crippen LogP contribution in [0.1, 0.15) is 33.1 Å². The van der Waals surface area contributed by atoms with E-state index in [0.29, 0.717) is 0 Å². The summed E-state index contributed by atoms with van der Waals surface area (Å²) in [5, 5.41) is 9.29. The first-order chi connectivity index (χ1) is 5.72. The Bertz CT molecular complexity index is 119. The van der Waals surface area contributed by atoms with Crippen molar-refractivity contribution in [3.05, 3.63) is 0 Å². The molecule has 1 fully saturated rings. The van der Waals surface area contributed by atoms with Gasteiger partial charge >= 0.3 is 0 Å². The molecular formula is C10H21NO. The number of nitrogens with zero attached hydrogens (tertiary/aromatic N) is 1. The molecule has 0 aliphatic carbocycles. The minimum absolute atomic E-state index is 0.0295. The van der Waals surface area contributed by atoms with E-state index in [-0.39, 0.29) is 6.10 Å². The molecular weight excluding hydrogens is 150 g/mol. The normalized spacial score (nSPS) is 24.2. The van der Waals surface area contributed by atoms with Crippen LogP contribution in [0.5, 0.6) is 0 Å². The third-order valence-electron chi connectivity index (χ3n) is 2.82. The van der Waals surface area contributed by atoms with Crippen molar-refractivity contribution in [1.29, 1.82) is 0 Å². The molecule has 12 heavy (non-hydrogen) atoms. The minimum Gasteiger partial charge on any atom is -0.393 e. The maximum Gasteiger partial charge on any atom is 0.0564 e. The SMILES string of the molecule is CCC(C)CN1CCC(O)CC1. The Hall–Kier alpha value is -0.0800. The van der Waals surface area contributed by atoms with Crippen molar-refractivity contribution in [1.82, 2.24) is 4.90 Å². The summed E-state index contributed by atoms with van der Waals surface area (Å²) in [7, 11) is 0. The Labute approximate surface area is 75.6 Å². The standard InChI is InChI=1S/C10H21NO/c1-3-9(2)8-11-6-4-10(12)5-7-11/h9-10,12H,3-8H2,1-2H3. The molecule has 0 aromatic carbocycles. The third kappa shape index (κ3) is 3.11. The fraction of sp³-hybridized carbons (Fsp3) is 1.00.